The smallest absolute Gasteiger partial charge is 0.128 e. The number of anilines is 1. The molecule has 0 saturated carbocycles. The number of nitrogens with one attached hydrogen (secondary N) is 1. The lowest BCUT2D eigenvalue weighted by atomic mass is 10.1. The van der Waals surface area contributed by atoms with Crippen LogP contribution in [-0.2, 0) is 0 Å². The Hall–Kier alpha value is -2.43. The zero-order chi connectivity index (χ0) is 14.7. The summed E-state index contributed by atoms with van der Waals surface area (Å²) in [6.45, 7) is 1.92. The van der Waals surface area contributed by atoms with E-state index in [4.69, 9.17) is 11.1 Å². The molecule has 1 aromatic carbocycles. The summed E-state index contributed by atoms with van der Waals surface area (Å²) in [6.07, 6.45) is 1.54. The third kappa shape index (κ3) is 2.77. The van der Waals surface area contributed by atoms with Crippen LogP contribution in [0.5, 0.6) is 0 Å². The second-order valence-corrected chi connectivity index (χ2v) is 4.63. The van der Waals surface area contributed by atoms with Crippen LogP contribution in [0.1, 0.15) is 24.1 Å². The second-order valence-electron chi connectivity index (χ2n) is 4.63. The molecule has 104 valence electrons. The maximum atomic E-state index is 13.8. The van der Waals surface area contributed by atoms with Crippen LogP contribution in [0.25, 0.3) is 0 Å². The van der Waals surface area contributed by atoms with Crippen LogP contribution in [0, 0.1) is 11.2 Å². The molecular formula is C15H17FN4. The molecule has 0 saturated heterocycles. The summed E-state index contributed by atoms with van der Waals surface area (Å²) in [6, 6.07) is 10.1. The van der Waals surface area contributed by atoms with Gasteiger partial charge in [-0.1, -0.05) is 18.2 Å². The fourth-order valence-corrected chi connectivity index (χ4v) is 1.97. The van der Waals surface area contributed by atoms with E-state index in [1.165, 1.54) is 6.07 Å². The predicted molar refractivity (Wildman–Crippen MR) is 78.5 cm³/mol. The summed E-state index contributed by atoms with van der Waals surface area (Å²) in [4.78, 5) is 6.14. The van der Waals surface area contributed by atoms with E-state index in [2.05, 4.69) is 4.98 Å². The number of nitrogens with zero attached hydrogens (tertiary/aromatic N) is 2. The minimum atomic E-state index is -0.229. The molecule has 5 heteroatoms. The number of hydrogen-bond donors (Lipinski definition) is 2. The molecule has 0 fully saturated rings. The fourth-order valence-electron chi connectivity index (χ4n) is 1.97. The molecule has 0 aliphatic carbocycles. The Balaban J connectivity index is 2.24. The average Bonchev–Trinajstić information content (AvgIpc) is 2.46. The number of halogens is 1. The molecule has 2 aromatic rings. The van der Waals surface area contributed by atoms with E-state index >= 15 is 0 Å². The van der Waals surface area contributed by atoms with E-state index in [1.807, 2.05) is 24.9 Å². The van der Waals surface area contributed by atoms with Gasteiger partial charge in [0, 0.05) is 24.4 Å². The molecule has 1 unspecified atom stereocenters. The number of hydrogen-bond acceptors (Lipinski definition) is 3. The highest BCUT2D eigenvalue weighted by molar-refractivity contribution is 5.94. The fraction of sp³-hybridized carbons (Fsp3) is 0.200. The zero-order valence-electron chi connectivity index (χ0n) is 11.5. The van der Waals surface area contributed by atoms with Gasteiger partial charge in [-0.05, 0) is 25.1 Å². The molecule has 0 spiro atoms. The van der Waals surface area contributed by atoms with Gasteiger partial charge in [0.05, 0.1) is 6.04 Å². The van der Waals surface area contributed by atoms with E-state index in [0.29, 0.717) is 16.9 Å². The second kappa shape index (κ2) is 5.69. The molecule has 4 nitrogen and oxygen atoms in total. The lowest BCUT2D eigenvalue weighted by Gasteiger charge is -2.26. The molecule has 1 heterocycles. The van der Waals surface area contributed by atoms with Gasteiger partial charge in [0.2, 0.25) is 0 Å². The van der Waals surface area contributed by atoms with Gasteiger partial charge in [-0.15, -0.1) is 0 Å². The number of nitrogens with two attached hydrogens (primary N) is 1. The van der Waals surface area contributed by atoms with Gasteiger partial charge in [0.1, 0.15) is 17.5 Å². The normalized spacial score (nSPS) is 11.9. The summed E-state index contributed by atoms with van der Waals surface area (Å²) in [7, 11) is 1.85. The van der Waals surface area contributed by atoms with Gasteiger partial charge in [-0.3, -0.25) is 5.41 Å². The van der Waals surface area contributed by atoms with Crippen LogP contribution in [0.3, 0.4) is 0 Å². The van der Waals surface area contributed by atoms with Gasteiger partial charge in [0.25, 0.3) is 0 Å². The Morgan fingerprint density at radius 2 is 2.00 bits per heavy atom. The summed E-state index contributed by atoms with van der Waals surface area (Å²) >= 11 is 0. The summed E-state index contributed by atoms with van der Waals surface area (Å²) in [5.74, 6) is 0.451. The number of pyridine rings is 1. The van der Waals surface area contributed by atoms with Crippen molar-refractivity contribution < 1.29 is 4.39 Å². The first kappa shape index (κ1) is 14.0. The Morgan fingerprint density at radius 3 is 2.55 bits per heavy atom. The third-order valence-corrected chi connectivity index (χ3v) is 3.36. The molecule has 0 aliphatic heterocycles. The molecule has 1 atom stereocenters. The van der Waals surface area contributed by atoms with Crippen LogP contribution in [-0.4, -0.2) is 17.9 Å². The van der Waals surface area contributed by atoms with Crippen molar-refractivity contribution in [3.05, 3.63) is 59.5 Å². The predicted octanol–water partition coefficient (Wildman–Crippen LogP) is 2.70. The van der Waals surface area contributed by atoms with Crippen LogP contribution < -0.4 is 10.6 Å². The standard InChI is InChI=1S/C15H17FN4/c1-10(12-5-3-4-6-13(12)16)20(2)14-8-7-11(9-19-14)15(17)18/h3-10H,1-2H3,(H3,17,18). The maximum Gasteiger partial charge on any atom is 0.128 e. The van der Waals surface area contributed by atoms with Crippen molar-refractivity contribution in [3.63, 3.8) is 0 Å². The Kier molecular flexibility index (Phi) is 3.98. The van der Waals surface area contributed by atoms with E-state index in [-0.39, 0.29) is 17.7 Å². The monoisotopic (exact) mass is 272 g/mol. The quantitative estimate of drug-likeness (QED) is 0.664. The largest absolute Gasteiger partial charge is 0.384 e. The van der Waals surface area contributed by atoms with Crippen molar-refractivity contribution in [1.29, 1.82) is 5.41 Å². The van der Waals surface area contributed by atoms with Crippen molar-refractivity contribution in [2.24, 2.45) is 5.73 Å². The minimum absolute atomic E-state index is 0.0196. The van der Waals surface area contributed by atoms with Gasteiger partial charge in [-0.2, -0.15) is 0 Å². The SMILES string of the molecule is CC(c1ccccc1F)N(C)c1ccc(C(=N)N)cn1. The molecule has 0 bridgehead atoms. The number of benzene rings is 1. The highest BCUT2D eigenvalue weighted by Gasteiger charge is 2.16. The maximum absolute atomic E-state index is 13.8. The van der Waals surface area contributed by atoms with Crippen LogP contribution in [0.15, 0.2) is 42.6 Å². The van der Waals surface area contributed by atoms with Gasteiger partial charge in [-0.25, -0.2) is 9.37 Å². The number of aromatic nitrogens is 1. The topological polar surface area (TPSA) is 66.0 Å². The number of rotatable bonds is 4. The molecule has 0 radical (unpaired) electrons. The lowest BCUT2D eigenvalue weighted by Crippen LogP contribution is -2.23. The van der Waals surface area contributed by atoms with Gasteiger partial charge >= 0.3 is 0 Å². The van der Waals surface area contributed by atoms with Gasteiger partial charge in [0.15, 0.2) is 0 Å². The van der Waals surface area contributed by atoms with E-state index in [1.54, 1.807) is 30.5 Å². The summed E-state index contributed by atoms with van der Waals surface area (Å²) in [5.41, 5.74) is 6.58. The van der Waals surface area contributed by atoms with E-state index < -0.39 is 0 Å². The van der Waals surface area contributed by atoms with Crippen LogP contribution >= 0.6 is 0 Å². The zero-order valence-corrected chi connectivity index (χ0v) is 11.5. The molecule has 0 aliphatic rings. The first-order valence-corrected chi connectivity index (χ1v) is 6.28. The van der Waals surface area contributed by atoms with Crippen molar-refractivity contribution in [2.45, 2.75) is 13.0 Å². The van der Waals surface area contributed by atoms with Crippen molar-refractivity contribution >= 4 is 11.7 Å². The summed E-state index contributed by atoms with van der Waals surface area (Å²) in [5, 5.41) is 7.33. The summed E-state index contributed by atoms with van der Waals surface area (Å²) < 4.78 is 13.8. The van der Waals surface area contributed by atoms with Crippen molar-refractivity contribution in [1.82, 2.24) is 4.98 Å². The molecule has 0 amide bonds. The average molecular weight is 272 g/mol. The van der Waals surface area contributed by atoms with Crippen molar-refractivity contribution in [3.8, 4) is 0 Å². The van der Waals surface area contributed by atoms with E-state index in [9.17, 15) is 4.39 Å². The molecule has 1 aromatic heterocycles. The van der Waals surface area contributed by atoms with Crippen molar-refractivity contribution in [2.75, 3.05) is 11.9 Å². The first-order valence-electron chi connectivity index (χ1n) is 6.28. The number of nitrogen functional groups attached to an aromatic ring is 1. The van der Waals surface area contributed by atoms with E-state index in [0.717, 1.165) is 0 Å². The minimum Gasteiger partial charge on any atom is -0.384 e. The lowest BCUT2D eigenvalue weighted by molar-refractivity contribution is 0.584. The Morgan fingerprint density at radius 1 is 1.30 bits per heavy atom. The first-order chi connectivity index (χ1) is 9.50. The third-order valence-electron chi connectivity index (χ3n) is 3.36. The van der Waals surface area contributed by atoms with Gasteiger partial charge < -0.3 is 10.6 Å². The number of amidine groups is 1. The van der Waals surface area contributed by atoms with Crippen LogP contribution in [0.2, 0.25) is 0 Å². The Labute approximate surface area is 117 Å². The Bertz CT molecular complexity index is 610. The highest BCUT2D eigenvalue weighted by Crippen LogP contribution is 2.25. The molecular weight excluding hydrogens is 255 g/mol. The molecule has 20 heavy (non-hydrogen) atoms. The molecule has 3 N–H and O–H groups in total. The van der Waals surface area contributed by atoms with Crippen LogP contribution in [0.4, 0.5) is 10.2 Å². The highest BCUT2D eigenvalue weighted by atomic mass is 19.1. The molecule has 2 rings (SSSR count).